The van der Waals surface area contributed by atoms with Crippen LogP contribution in [-0.4, -0.2) is 31.0 Å². The maximum absolute atomic E-state index is 12.0. The summed E-state index contributed by atoms with van der Waals surface area (Å²) in [6, 6.07) is 7.80. The first-order valence-corrected chi connectivity index (χ1v) is 6.72. The van der Waals surface area contributed by atoms with Crippen LogP contribution < -0.4 is 10.5 Å². The highest BCUT2D eigenvalue weighted by molar-refractivity contribution is 5.76. The van der Waals surface area contributed by atoms with Crippen molar-refractivity contribution in [3.8, 4) is 5.75 Å². The van der Waals surface area contributed by atoms with E-state index in [4.69, 9.17) is 10.5 Å². The molecule has 1 aliphatic carbocycles. The first-order valence-electron chi connectivity index (χ1n) is 6.72. The highest BCUT2D eigenvalue weighted by atomic mass is 16.5. The molecule has 1 aromatic rings. The Morgan fingerprint density at radius 1 is 1.42 bits per heavy atom. The number of benzene rings is 1. The van der Waals surface area contributed by atoms with E-state index in [2.05, 4.69) is 0 Å². The maximum Gasteiger partial charge on any atom is 0.224 e. The second-order valence-electron chi connectivity index (χ2n) is 5.30. The molecule has 1 aliphatic rings. The van der Waals surface area contributed by atoms with Crippen LogP contribution in [0.15, 0.2) is 24.3 Å². The van der Waals surface area contributed by atoms with Gasteiger partial charge in [0.05, 0.1) is 7.11 Å². The lowest BCUT2D eigenvalue weighted by atomic mass is 10.1. The third-order valence-electron chi connectivity index (χ3n) is 3.64. The van der Waals surface area contributed by atoms with Gasteiger partial charge < -0.3 is 15.4 Å². The Morgan fingerprint density at radius 2 is 2.05 bits per heavy atom. The zero-order chi connectivity index (χ0) is 13.8. The number of carbonyl (C=O) groups excluding carboxylic acids is 1. The number of carbonyl (C=O) groups is 1. The van der Waals surface area contributed by atoms with Gasteiger partial charge in [-0.3, -0.25) is 4.79 Å². The second kappa shape index (κ2) is 6.06. The van der Waals surface area contributed by atoms with E-state index in [0.717, 1.165) is 11.3 Å². The van der Waals surface area contributed by atoms with E-state index in [1.54, 1.807) is 12.0 Å². The molecule has 2 N–H and O–H groups in total. The third kappa shape index (κ3) is 3.96. The summed E-state index contributed by atoms with van der Waals surface area (Å²) in [5, 5.41) is 0. The molecular weight excluding hydrogens is 240 g/mol. The fourth-order valence-corrected chi connectivity index (χ4v) is 2.14. The number of nitrogens with two attached hydrogens (primary N) is 1. The van der Waals surface area contributed by atoms with E-state index in [1.807, 2.05) is 31.3 Å². The minimum atomic E-state index is 0.0332. The molecule has 0 heterocycles. The van der Waals surface area contributed by atoms with Gasteiger partial charge in [-0.25, -0.2) is 0 Å². The van der Waals surface area contributed by atoms with E-state index in [1.165, 1.54) is 12.8 Å². The summed E-state index contributed by atoms with van der Waals surface area (Å²) in [5.74, 6) is 1.52. The fourth-order valence-electron chi connectivity index (χ4n) is 2.14. The standard InChI is InChI=1S/C15H22N2O2/c1-17(15(18)9-14(16)12-5-6-12)10-11-3-7-13(19-2)8-4-11/h3-4,7-8,12,14H,5-6,9-10,16H2,1-2H3. The lowest BCUT2D eigenvalue weighted by molar-refractivity contribution is -0.130. The summed E-state index contributed by atoms with van der Waals surface area (Å²) in [7, 11) is 3.47. The Balaban J connectivity index is 1.84. The molecule has 0 spiro atoms. The van der Waals surface area contributed by atoms with Crippen molar-refractivity contribution in [3.63, 3.8) is 0 Å². The predicted octanol–water partition coefficient (Wildman–Crippen LogP) is 1.78. The molecule has 1 saturated carbocycles. The zero-order valence-corrected chi connectivity index (χ0v) is 11.6. The van der Waals surface area contributed by atoms with Crippen LogP contribution in [0.1, 0.15) is 24.8 Å². The van der Waals surface area contributed by atoms with Crippen molar-refractivity contribution in [2.45, 2.75) is 31.8 Å². The van der Waals surface area contributed by atoms with Crippen molar-refractivity contribution in [1.82, 2.24) is 4.90 Å². The molecule has 0 aliphatic heterocycles. The molecular formula is C15H22N2O2. The van der Waals surface area contributed by atoms with Gasteiger partial charge in [-0.05, 0) is 36.5 Å². The van der Waals surface area contributed by atoms with Crippen molar-refractivity contribution in [1.29, 1.82) is 0 Å². The number of nitrogens with zero attached hydrogens (tertiary/aromatic N) is 1. The number of amides is 1. The number of rotatable bonds is 6. The van der Waals surface area contributed by atoms with E-state index < -0.39 is 0 Å². The Hall–Kier alpha value is -1.55. The molecule has 0 radical (unpaired) electrons. The summed E-state index contributed by atoms with van der Waals surface area (Å²) >= 11 is 0. The summed E-state index contributed by atoms with van der Waals surface area (Å²) in [5.41, 5.74) is 7.08. The Labute approximate surface area is 114 Å². The molecule has 0 aromatic heterocycles. The van der Waals surface area contributed by atoms with Crippen LogP contribution in [0.5, 0.6) is 5.75 Å². The molecule has 4 heteroatoms. The minimum Gasteiger partial charge on any atom is -0.497 e. The average Bonchev–Trinajstić information content (AvgIpc) is 3.23. The number of methoxy groups -OCH3 is 1. The smallest absolute Gasteiger partial charge is 0.224 e. The van der Waals surface area contributed by atoms with Crippen molar-refractivity contribution in [3.05, 3.63) is 29.8 Å². The van der Waals surface area contributed by atoms with Crippen LogP contribution in [0.4, 0.5) is 0 Å². The van der Waals surface area contributed by atoms with Gasteiger partial charge in [-0.15, -0.1) is 0 Å². The molecule has 19 heavy (non-hydrogen) atoms. The summed E-state index contributed by atoms with van der Waals surface area (Å²) < 4.78 is 5.11. The van der Waals surface area contributed by atoms with E-state index in [9.17, 15) is 4.79 Å². The average molecular weight is 262 g/mol. The molecule has 1 aromatic carbocycles. The molecule has 1 amide bonds. The zero-order valence-electron chi connectivity index (χ0n) is 11.6. The Kier molecular flexibility index (Phi) is 4.43. The van der Waals surface area contributed by atoms with Crippen LogP contribution in [0.3, 0.4) is 0 Å². The van der Waals surface area contributed by atoms with Crippen LogP contribution in [-0.2, 0) is 11.3 Å². The van der Waals surface area contributed by atoms with Crippen molar-refractivity contribution >= 4 is 5.91 Å². The predicted molar refractivity (Wildman–Crippen MR) is 74.8 cm³/mol. The van der Waals surface area contributed by atoms with Crippen molar-refractivity contribution < 1.29 is 9.53 Å². The second-order valence-corrected chi connectivity index (χ2v) is 5.30. The summed E-state index contributed by atoms with van der Waals surface area (Å²) in [6.07, 6.45) is 2.81. The van der Waals surface area contributed by atoms with Crippen LogP contribution in [0.2, 0.25) is 0 Å². The highest BCUT2D eigenvalue weighted by Gasteiger charge is 2.30. The van der Waals surface area contributed by atoms with E-state index in [0.29, 0.717) is 18.9 Å². The topological polar surface area (TPSA) is 55.6 Å². The maximum atomic E-state index is 12.0. The molecule has 104 valence electrons. The monoisotopic (exact) mass is 262 g/mol. The lowest BCUT2D eigenvalue weighted by Crippen LogP contribution is -2.34. The lowest BCUT2D eigenvalue weighted by Gasteiger charge is -2.19. The molecule has 4 nitrogen and oxygen atoms in total. The van der Waals surface area contributed by atoms with Crippen LogP contribution in [0, 0.1) is 5.92 Å². The molecule has 1 atom stereocenters. The summed E-state index contributed by atoms with van der Waals surface area (Å²) in [4.78, 5) is 13.8. The SMILES string of the molecule is COc1ccc(CN(C)C(=O)CC(N)C2CC2)cc1. The first-order chi connectivity index (χ1) is 9.10. The molecule has 2 rings (SSSR count). The van der Waals surface area contributed by atoms with Crippen molar-refractivity contribution in [2.75, 3.05) is 14.2 Å². The molecule has 1 fully saturated rings. The van der Waals surface area contributed by atoms with Gasteiger partial charge in [-0.2, -0.15) is 0 Å². The van der Waals surface area contributed by atoms with Crippen molar-refractivity contribution in [2.24, 2.45) is 11.7 Å². The Morgan fingerprint density at radius 3 is 2.58 bits per heavy atom. The van der Waals surface area contributed by atoms with Gasteiger partial charge >= 0.3 is 0 Å². The number of hydrogen-bond acceptors (Lipinski definition) is 3. The van der Waals surface area contributed by atoms with Gasteiger partial charge in [0, 0.05) is 26.1 Å². The van der Waals surface area contributed by atoms with Gasteiger partial charge in [0.15, 0.2) is 0 Å². The highest BCUT2D eigenvalue weighted by Crippen LogP contribution is 2.33. The third-order valence-corrected chi connectivity index (χ3v) is 3.64. The van der Waals surface area contributed by atoms with Gasteiger partial charge in [0.1, 0.15) is 5.75 Å². The molecule has 0 saturated heterocycles. The van der Waals surface area contributed by atoms with Gasteiger partial charge in [0.25, 0.3) is 0 Å². The molecule has 1 unspecified atom stereocenters. The van der Waals surface area contributed by atoms with E-state index >= 15 is 0 Å². The Bertz CT molecular complexity index is 426. The first kappa shape index (κ1) is 13.9. The fraction of sp³-hybridized carbons (Fsp3) is 0.533. The normalized spacial score (nSPS) is 15.9. The van der Waals surface area contributed by atoms with E-state index in [-0.39, 0.29) is 11.9 Å². The minimum absolute atomic E-state index is 0.0332. The van der Waals surface area contributed by atoms with Crippen LogP contribution >= 0.6 is 0 Å². The van der Waals surface area contributed by atoms with Gasteiger partial charge in [-0.1, -0.05) is 12.1 Å². The van der Waals surface area contributed by atoms with Crippen LogP contribution in [0.25, 0.3) is 0 Å². The largest absolute Gasteiger partial charge is 0.497 e. The van der Waals surface area contributed by atoms with Gasteiger partial charge in [0.2, 0.25) is 5.91 Å². The molecule has 0 bridgehead atoms. The quantitative estimate of drug-likeness (QED) is 0.850. The number of hydrogen-bond donors (Lipinski definition) is 1. The number of ether oxygens (including phenoxy) is 1. The summed E-state index contributed by atoms with van der Waals surface area (Å²) in [6.45, 7) is 0.611.